The standard InChI is InChI=1S/C11H22P/c1-10-7-11(2)9-12(8-10)5-3-4-6-12/h10-11H,3-9H2,1-2H3/q+1. The van der Waals surface area contributed by atoms with E-state index in [9.17, 15) is 0 Å². The zero-order valence-corrected chi connectivity index (χ0v) is 9.45. The molecule has 0 radical (unpaired) electrons. The topological polar surface area (TPSA) is 0 Å². The van der Waals surface area contributed by atoms with E-state index in [1.165, 1.54) is 6.42 Å². The third-order valence-corrected chi connectivity index (χ3v) is 9.04. The fourth-order valence-electron chi connectivity index (χ4n) is 3.60. The average molecular weight is 185 g/mol. The van der Waals surface area contributed by atoms with E-state index in [-0.39, 0.29) is 7.26 Å². The van der Waals surface area contributed by atoms with Gasteiger partial charge in [0.15, 0.2) is 0 Å². The number of hydrogen-bond acceptors (Lipinski definition) is 0. The Bertz CT molecular complexity index is 146. The molecule has 12 heavy (non-hydrogen) atoms. The highest BCUT2D eigenvalue weighted by Crippen LogP contribution is 2.68. The fraction of sp³-hybridized carbons (Fsp3) is 1.00. The minimum atomic E-state index is -0.353. The molecule has 2 aliphatic rings. The van der Waals surface area contributed by atoms with Gasteiger partial charge in [-0.15, -0.1) is 0 Å². The van der Waals surface area contributed by atoms with E-state index < -0.39 is 0 Å². The molecule has 1 heteroatoms. The quantitative estimate of drug-likeness (QED) is 0.507. The van der Waals surface area contributed by atoms with E-state index in [0.29, 0.717) is 0 Å². The first-order chi connectivity index (χ1) is 5.70. The minimum Gasteiger partial charge on any atom is -0.0590 e. The summed E-state index contributed by atoms with van der Waals surface area (Å²) in [6.07, 6.45) is 11.3. The summed E-state index contributed by atoms with van der Waals surface area (Å²) in [5.74, 6) is 2.11. The lowest BCUT2D eigenvalue weighted by molar-refractivity contribution is 0.454. The van der Waals surface area contributed by atoms with Crippen molar-refractivity contribution in [2.75, 3.05) is 24.6 Å². The minimum absolute atomic E-state index is 0.353. The molecule has 2 saturated heterocycles. The van der Waals surface area contributed by atoms with Crippen molar-refractivity contribution in [2.45, 2.75) is 33.1 Å². The second-order valence-electron chi connectivity index (χ2n) is 5.31. The molecular formula is C11H22P+. The van der Waals surface area contributed by atoms with Gasteiger partial charge in [0.2, 0.25) is 0 Å². The van der Waals surface area contributed by atoms with Crippen LogP contribution in [-0.4, -0.2) is 24.6 Å². The zero-order chi connectivity index (χ0) is 8.60. The zero-order valence-electron chi connectivity index (χ0n) is 8.55. The Hall–Kier alpha value is 0.430. The van der Waals surface area contributed by atoms with E-state index in [4.69, 9.17) is 0 Å². The van der Waals surface area contributed by atoms with Gasteiger partial charge in [-0.2, -0.15) is 0 Å². The highest BCUT2D eigenvalue weighted by molar-refractivity contribution is 7.76. The van der Waals surface area contributed by atoms with Crippen LogP contribution in [0.2, 0.25) is 0 Å². The van der Waals surface area contributed by atoms with Crippen molar-refractivity contribution in [3.63, 3.8) is 0 Å². The van der Waals surface area contributed by atoms with Crippen LogP contribution in [-0.2, 0) is 0 Å². The van der Waals surface area contributed by atoms with Crippen molar-refractivity contribution in [3.05, 3.63) is 0 Å². The Kier molecular flexibility index (Phi) is 2.47. The van der Waals surface area contributed by atoms with Crippen LogP contribution >= 0.6 is 7.26 Å². The molecule has 1 spiro atoms. The molecular weight excluding hydrogens is 163 g/mol. The van der Waals surface area contributed by atoms with Crippen molar-refractivity contribution in [1.29, 1.82) is 0 Å². The smallest absolute Gasteiger partial charge is 0.0590 e. The molecule has 2 fully saturated rings. The number of rotatable bonds is 0. The maximum Gasteiger partial charge on any atom is 0.0620 e. The molecule has 0 aromatic heterocycles. The molecule has 0 aromatic rings. The monoisotopic (exact) mass is 185 g/mol. The van der Waals surface area contributed by atoms with Crippen LogP contribution in [0.3, 0.4) is 0 Å². The molecule has 2 atom stereocenters. The number of hydrogen-bond donors (Lipinski definition) is 0. The van der Waals surface area contributed by atoms with E-state index in [1.54, 1.807) is 37.5 Å². The SMILES string of the molecule is CC1CC(C)C[P+]2(CCCC2)C1. The lowest BCUT2D eigenvalue weighted by Crippen LogP contribution is -2.24. The Morgan fingerprint density at radius 1 is 0.917 bits per heavy atom. The van der Waals surface area contributed by atoms with Gasteiger partial charge in [-0.25, -0.2) is 0 Å². The Balaban J connectivity index is 2.04. The third-order valence-electron chi connectivity index (χ3n) is 3.72. The third kappa shape index (κ3) is 1.69. The van der Waals surface area contributed by atoms with Crippen LogP contribution in [0.4, 0.5) is 0 Å². The Morgan fingerprint density at radius 3 is 1.92 bits per heavy atom. The van der Waals surface area contributed by atoms with Gasteiger partial charge in [-0.05, 0) is 31.1 Å². The van der Waals surface area contributed by atoms with Gasteiger partial charge in [0, 0.05) is 7.26 Å². The largest absolute Gasteiger partial charge is 0.0620 e. The van der Waals surface area contributed by atoms with Crippen molar-refractivity contribution >= 4 is 7.26 Å². The Labute approximate surface area is 77.5 Å². The van der Waals surface area contributed by atoms with Gasteiger partial charge in [0.1, 0.15) is 0 Å². The summed E-state index contributed by atoms with van der Waals surface area (Å²) >= 11 is 0. The maximum absolute atomic E-state index is 2.48. The molecule has 0 amide bonds. The van der Waals surface area contributed by atoms with Crippen LogP contribution in [0.1, 0.15) is 33.1 Å². The first-order valence-corrected chi connectivity index (χ1v) is 8.08. The van der Waals surface area contributed by atoms with Gasteiger partial charge in [0.05, 0.1) is 24.6 Å². The normalized spacial score (nSPS) is 40.5. The van der Waals surface area contributed by atoms with Crippen LogP contribution < -0.4 is 0 Å². The molecule has 2 heterocycles. The van der Waals surface area contributed by atoms with Crippen LogP contribution in [0.25, 0.3) is 0 Å². The van der Waals surface area contributed by atoms with Crippen LogP contribution in [0, 0.1) is 11.8 Å². The summed E-state index contributed by atoms with van der Waals surface area (Å²) in [6, 6.07) is 0. The fourth-order valence-corrected chi connectivity index (χ4v) is 9.44. The molecule has 0 N–H and O–H groups in total. The summed E-state index contributed by atoms with van der Waals surface area (Å²) in [5, 5.41) is 0. The van der Waals surface area contributed by atoms with Gasteiger partial charge in [-0.1, -0.05) is 13.8 Å². The molecule has 2 rings (SSSR count). The van der Waals surface area contributed by atoms with Crippen molar-refractivity contribution in [2.24, 2.45) is 11.8 Å². The van der Waals surface area contributed by atoms with Gasteiger partial charge < -0.3 is 0 Å². The lowest BCUT2D eigenvalue weighted by Gasteiger charge is -2.34. The second kappa shape index (κ2) is 3.29. The molecule has 2 unspecified atom stereocenters. The summed E-state index contributed by atoms with van der Waals surface area (Å²) in [7, 11) is -0.353. The van der Waals surface area contributed by atoms with Crippen molar-refractivity contribution in [1.82, 2.24) is 0 Å². The summed E-state index contributed by atoms with van der Waals surface area (Å²) < 4.78 is 0. The molecule has 0 bridgehead atoms. The second-order valence-corrected chi connectivity index (χ2v) is 9.62. The predicted molar refractivity (Wildman–Crippen MR) is 58.6 cm³/mol. The molecule has 0 nitrogen and oxygen atoms in total. The van der Waals surface area contributed by atoms with Crippen LogP contribution in [0.15, 0.2) is 0 Å². The summed E-state index contributed by atoms with van der Waals surface area (Å²) in [4.78, 5) is 0. The van der Waals surface area contributed by atoms with E-state index in [0.717, 1.165) is 11.8 Å². The van der Waals surface area contributed by atoms with Crippen molar-refractivity contribution < 1.29 is 0 Å². The first kappa shape index (κ1) is 9.00. The predicted octanol–water partition coefficient (Wildman–Crippen LogP) is 3.47. The average Bonchev–Trinajstić information content (AvgIpc) is 2.33. The van der Waals surface area contributed by atoms with E-state index in [2.05, 4.69) is 13.8 Å². The summed E-state index contributed by atoms with van der Waals surface area (Å²) in [5.41, 5.74) is 0. The maximum atomic E-state index is 2.48. The highest BCUT2D eigenvalue weighted by atomic mass is 31.2. The molecule has 0 aliphatic carbocycles. The highest BCUT2D eigenvalue weighted by Gasteiger charge is 2.45. The van der Waals surface area contributed by atoms with Gasteiger partial charge in [0.25, 0.3) is 0 Å². The first-order valence-electron chi connectivity index (χ1n) is 5.55. The molecule has 70 valence electrons. The Morgan fingerprint density at radius 2 is 1.42 bits per heavy atom. The van der Waals surface area contributed by atoms with Gasteiger partial charge in [-0.3, -0.25) is 0 Å². The summed E-state index contributed by atoms with van der Waals surface area (Å²) in [6.45, 7) is 4.96. The molecule has 0 aromatic carbocycles. The van der Waals surface area contributed by atoms with Crippen molar-refractivity contribution in [3.8, 4) is 0 Å². The molecule has 0 saturated carbocycles. The van der Waals surface area contributed by atoms with Crippen LogP contribution in [0.5, 0.6) is 0 Å². The molecule has 2 aliphatic heterocycles. The van der Waals surface area contributed by atoms with E-state index in [1.807, 2.05) is 0 Å². The lowest BCUT2D eigenvalue weighted by atomic mass is 10.00. The van der Waals surface area contributed by atoms with Gasteiger partial charge >= 0.3 is 0 Å². The van der Waals surface area contributed by atoms with E-state index >= 15 is 0 Å².